The number of hydrogen-bond acceptors (Lipinski definition) is 3. The topological polar surface area (TPSA) is 38.3 Å². The minimum Gasteiger partial charge on any atom is -0.496 e. The molecule has 0 radical (unpaired) electrons. The average molecular weight is 207 g/mol. The number of carbonyl (C=O) groups excluding carboxylic acids is 1. The van der Waals surface area contributed by atoms with E-state index in [0.29, 0.717) is 17.9 Å². The molecule has 0 heterocycles. The molecule has 1 N–H and O–H groups in total. The van der Waals surface area contributed by atoms with Gasteiger partial charge in [-0.05, 0) is 25.6 Å². The van der Waals surface area contributed by atoms with Crippen LogP contribution in [-0.4, -0.2) is 26.0 Å². The number of rotatable bonds is 5. The molecule has 0 atom stereocenters. The highest BCUT2D eigenvalue weighted by molar-refractivity contribution is 6.00. The highest BCUT2D eigenvalue weighted by atomic mass is 16.5. The van der Waals surface area contributed by atoms with Gasteiger partial charge in [-0.25, -0.2) is 0 Å². The fourth-order valence-electron chi connectivity index (χ4n) is 1.37. The molecule has 0 saturated carbocycles. The first-order valence-electron chi connectivity index (χ1n) is 5.07. The Labute approximate surface area is 90.4 Å². The lowest BCUT2D eigenvalue weighted by Gasteiger charge is -2.08. The van der Waals surface area contributed by atoms with Crippen molar-refractivity contribution in [3.63, 3.8) is 0 Å². The van der Waals surface area contributed by atoms with Crippen LogP contribution in [-0.2, 0) is 0 Å². The van der Waals surface area contributed by atoms with Gasteiger partial charge in [0.05, 0.1) is 19.2 Å². The van der Waals surface area contributed by atoms with Crippen LogP contribution in [0.4, 0.5) is 0 Å². The van der Waals surface area contributed by atoms with Gasteiger partial charge in [0.1, 0.15) is 5.75 Å². The van der Waals surface area contributed by atoms with Crippen LogP contribution < -0.4 is 10.1 Å². The number of ether oxygens (including phenoxy) is 1. The molecule has 0 aliphatic rings. The van der Waals surface area contributed by atoms with E-state index in [1.165, 1.54) is 0 Å². The van der Waals surface area contributed by atoms with E-state index in [-0.39, 0.29) is 5.78 Å². The van der Waals surface area contributed by atoms with Crippen molar-refractivity contribution in [2.45, 2.75) is 13.8 Å². The maximum absolute atomic E-state index is 11.8. The van der Waals surface area contributed by atoms with Crippen LogP contribution in [0.1, 0.15) is 22.8 Å². The minimum atomic E-state index is 0.0670. The van der Waals surface area contributed by atoms with Gasteiger partial charge in [0.15, 0.2) is 5.78 Å². The maximum Gasteiger partial charge on any atom is 0.180 e. The molecule has 0 fully saturated rings. The standard InChI is InChI=1S/C12H17NO2/c1-4-13-8-11(14)10-7-9(2)5-6-12(10)15-3/h5-7,13H,4,8H2,1-3H3. The Kier molecular flexibility index (Phi) is 4.31. The lowest BCUT2D eigenvalue weighted by atomic mass is 10.1. The fraction of sp³-hybridized carbons (Fsp3) is 0.417. The van der Waals surface area contributed by atoms with Crippen LogP contribution in [0, 0.1) is 6.92 Å². The Hall–Kier alpha value is -1.35. The molecule has 0 aliphatic carbocycles. The predicted molar refractivity (Wildman–Crippen MR) is 60.6 cm³/mol. The van der Waals surface area contributed by atoms with Crippen molar-refractivity contribution >= 4 is 5.78 Å². The minimum absolute atomic E-state index is 0.0670. The van der Waals surface area contributed by atoms with Gasteiger partial charge in [0.25, 0.3) is 0 Å². The van der Waals surface area contributed by atoms with Crippen LogP contribution in [0.5, 0.6) is 5.75 Å². The number of ketones is 1. The van der Waals surface area contributed by atoms with Gasteiger partial charge < -0.3 is 10.1 Å². The van der Waals surface area contributed by atoms with Gasteiger partial charge in [-0.1, -0.05) is 18.6 Å². The Balaban J connectivity index is 2.90. The van der Waals surface area contributed by atoms with E-state index in [1.807, 2.05) is 32.0 Å². The second-order valence-electron chi connectivity index (χ2n) is 3.41. The molecule has 0 aromatic heterocycles. The Morgan fingerprint density at radius 3 is 2.80 bits per heavy atom. The first kappa shape index (κ1) is 11.7. The molecule has 3 heteroatoms. The molecule has 15 heavy (non-hydrogen) atoms. The van der Waals surface area contributed by atoms with Crippen molar-refractivity contribution in [2.24, 2.45) is 0 Å². The van der Waals surface area contributed by atoms with Crippen molar-refractivity contribution < 1.29 is 9.53 Å². The van der Waals surface area contributed by atoms with Crippen molar-refractivity contribution in [3.8, 4) is 5.75 Å². The van der Waals surface area contributed by atoms with Crippen LogP contribution in [0.25, 0.3) is 0 Å². The third-order valence-corrected chi connectivity index (χ3v) is 2.19. The second kappa shape index (κ2) is 5.51. The number of benzene rings is 1. The Bertz CT molecular complexity index is 347. The smallest absolute Gasteiger partial charge is 0.180 e. The average Bonchev–Trinajstić information content (AvgIpc) is 2.25. The highest BCUT2D eigenvalue weighted by Crippen LogP contribution is 2.19. The van der Waals surface area contributed by atoms with E-state index in [0.717, 1.165) is 12.1 Å². The SMILES string of the molecule is CCNCC(=O)c1cc(C)ccc1OC. The number of hydrogen-bond donors (Lipinski definition) is 1. The number of methoxy groups -OCH3 is 1. The molecule has 82 valence electrons. The number of aryl methyl sites for hydroxylation is 1. The molecule has 0 saturated heterocycles. The molecular weight excluding hydrogens is 190 g/mol. The molecule has 0 amide bonds. The largest absolute Gasteiger partial charge is 0.496 e. The Morgan fingerprint density at radius 1 is 1.47 bits per heavy atom. The van der Waals surface area contributed by atoms with E-state index in [4.69, 9.17) is 4.74 Å². The van der Waals surface area contributed by atoms with Gasteiger partial charge in [0.2, 0.25) is 0 Å². The van der Waals surface area contributed by atoms with Crippen molar-refractivity contribution in [3.05, 3.63) is 29.3 Å². The zero-order chi connectivity index (χ0) is 11.3. The molecule has 1 aromatic rings. The van der Waals surface area contributed by atoms with Gasteiger partial charge in [0, 0.05) is 0 Å². The zero-order valence-corrected chi connectivity index (χ0v) is 9.46. The number of nitrogens with one attached hydrogen (secondary N) is 1. The molecule has 3 nitrogen and oxygen atoms in total. The van der Waals surface area contributed by atoms with Crippen molar-refractivity contribution in [1.82, 2.24) is 5.32 Å². The summed E-state index contributed by atoms with van der Waals surface area (Å²) in [6.07, 6.45) is 0. The second-order valence-corrected chi connectivity index (χ2v) is 3.41. The normalized spacial score (nSPS) is 10.1. The first-order chi connectivity index (χ1) is 7.19. The van der Waals surface area contributed by atoms with Gasteiger partial charge >= 0.3 is 0 Å². The summed E-state index contributed by atoms with van der Waals surface area (Å²) in [5.74, 6) is 0.709. The van der Waals surface area contributed by atoms with Crippen LogP contribution in [0.3, 0.4) is 0 Å². The summed E-state index contributed by atoms with van der Waals surface area (Å²) in [5, 5.41) is 3.01. The molecule has 0 unspecified atom stereocenters. The predicted octanol–water partition coefficient (Wildman–Crippen LogP) is 1.80. The van der Waals surface area contributed by atoms with E-state index in [9.17, 15) is 4.79 Å². The maximum atomic E-state index is 11.8. The summed E-state index contributed by atoms with van der Waals surface area (Å²) in [6, 6.07) is 5.62. The van der Waals surface area contributed by atoms with E-state index < -0.39 is 0 Å². The third kappa shape index (κ3) is 3.06. The molecular formula is C12H17NO2. The molecule has 1 aromatic carbocycles. The fourth-order valence-corrected chi connectivity index (χ4v) is 1.37. The van der Waals surface area contributed by atoms with Gasteiger partial charge in [-0.15, -0.1) is 0 Å². The quantitative estimate of drug-likeness (QED) is 0.748. The van der Waals surface area contributed by atoms with Crippen LogP contribution in [0.2, 0.25) is 0 Å². The summed E-state index contributed by atoms with van der Waals surface area (Å²) in [5.41, 5.74) is 1.72. The first-order valence-corrected chi connectivity index (χ1v) is 5.07. The summed E-state index contributed by atoms with van der Waals surface area (Å²) >= 11 is 0. The Morgan fingerprint density at radius 2 is 2.20 bits per heavy atom. The summed E-state index contributed by atoms with van der Waals surface area (Å²) in [4.78, 5) is 11.8. The van der Waals surface area contributed by atoms with Gasteiger partial charge in [-0.2, -0.15) is 0 Å². The lowest BCUT2D eigenvalue weighted by molar-refractivity contribution is 0.0989. The van der Waals surface area contributed by atoms with Crippen molar-refractivity contribution in [2.75, 3.05) is 20.2 Å². The zero-order valence-electron chi connectivity index (χ0n) is 9.46. The van der Waals surface area contributed by atoms with Crippen molar-refractivity contribution in [1.29, 1.82) is 0 Å². The van der Waals surface area contributed by atoms with E-state index >= 15 is 0 Å². The number of carbonyl (C=O) groups is 1. The molecule has 0 bridgehead atoms. The summed E-state index contributed by atoms with van der Waals surface area (Å²) < 4.78 is 5.15. The third-order valence-electron chi connectivity index (χ3n) is 2.19. The van der Waals surface area contributed by atoms with E-state index in [2.05, 4.69) is 5.32 Å². The van der Waals surface area contributed by atoms with Gasteiger partial charge in [-0.3, -0.25) is 4.79 Å². The summed E-state index contributed by atoms with van der Waals surface area (Å²) in [6.45, 7) is 5.08. The lowest BCUT2D eigenvalue weighted by Crippen LogP contribution is -2.22. The molecule has 0 spiro atoms. The summed E-state index contributed by atoms with van der Waals surface area (Å²) in [7, 11) is 1.58. The van der Waals surface area contributed by atoms with Crippen LogP contribution >= 0.6 is 0 Å². The molecule has 1 rings (SSSR count). The number of Topliss-reactive ketones (excluding diaryl/α,β-unsaturated/α-hetero) is 1. The monoisotopic (exact) mass is 207 g/mol. The van der Waals surface area contributed by atoms with Crippen LogP contribution in [0.15, 0.2) is 18.2 Å². The highest BCUT2D eigenvalue weighted by Gasteiger charge is 2.11. The molecule has 0 aliphatic heterocycles. The number of likely N-dealkylation sites (N-methyl/N-ethyl adjacent to an activating group) is 1. The van der Waals surface area contributed by atoms with E-state index in [1.54, 1.807) is 7.11 Å².